The first kappa shape index (κ1) is 15.0. The van der Waals surface area contributed by atoms with E-state index in [4.69, 9.17) is 5.26 Å². The smallest absolute Gasteiger partial charge is 0.268 e. The highest BCUT2D eigenvalue weighted by atomic mass is 16.2. The number of nitriles is 1. The molecule has 0 unspecified atom stereocenters. The van der Waals surface area contributed by atoms with Crippen molar-refractivity contribution in [2.45, 2.75) is 13.0 Å². The maximum absolute atomic E-state index is 12.4. The van der Waals surface area contributed by atoms with Gasteiger partial charge in [0.25, 0.3) is 11.5 Å². The zero-order valence-corrected chi connectivity index (χ0v) is 12.7. The van der Waals surface area contributed by atoms with Crippen LogP contribution in [0.15, 0.2) is 53.5 Å². The summed E-state index contributed by atoms with van der Waals surface area (Å²) in [5.41, 5.74) is 0.586. The minimum atomic E-state index is -0.261. The second-order valence-electron chi connectivity index (χ2n) is 5.76. The van der Waals surface area contributed by atoms with Gasteiger partial charge < -0.3 is 9.47 Å². The molecule has 0 N–H and O–H groups in total. The molecule has 3 rings (SSSR count). The van der Waals surface area contributed by atoms with Gasteiger partial charge in [0, 0.05) is 31.4 Å². The second-order valence-corrected chi connectivity index (χ2v) is 5.76. The van der Waals surface area contributed by atoms with Gasteiger partial charge in [0.2, 0.25) is 0 Å². The number of carbonyl (C=O) groups excluding carboxylic acids is 1. The number of likely N-dealkylation sites (tertiary alicyclic amines) is 1. The highest BCUT2D eigenvalue weighted by molar-refractivity contribution is 5.94. The highest BCUT2D eigenvalue weighted by Crippen LogP contribution is 2.20. The Morgan fingerprint density at radius 3 is 2.74 bits per heavy atom. The third-order valence-electron chi connectivity index (χ3n) is 4.19. The molecule has 0 bridgehead atoms. The van der Waals surface area contributed by atoms with Gasteiger partial charge in [0.05, 0.1) is 0 Å². The van der Waals surface area contributed by atoms with E-state index in [9.17, 15) is 9.59 Å². The van der Waals surface area contributed by atoms with Crippen molar-refractivity contribution in [3.63, 3.8) is 0 Å². The largest absolute Gasteiger partial charge is 0.338 e. The van der Waals surface area contributed by atoms with Gasteiger partial charge in [0.1, 0.15) is 11.6 Å². The van der Waals surface area contributed by atoms with Gasteiger partial charge in [-0.15, -0.1) is 0 Å². The molecule has 1 aliphatic heterocycles. The van der Waals surface area contributed by atoms with E-state index in [-0.39, 0.29) is 22.9 Å². The lowest BCUT2D eigenvalue weighted by Crippen LogP contribution is -2.30. The van der Waals surface area contributed by atoms with Crippen molar-refractivity contribution in [2.75, 3.05) is 13.1 Å². The molecule has 116 valence electrons. The normalized spacial score (nSPS) is 17.0. The van der Waals surface area contributed by atoms with Crippen LogP contribution < -0.4 is 5.56 Å². The molecule has 0 aliphatic carbocycles. The van der Waals surface area contributed by atoms with E-state index in [1.807, 2.05) is 41.3 Å². The fourth-order valence-electron chi connectivity index (χ4n) is 2.97. The number of benzene rings is 1. The standard InChI is InChI=1S/C18H17N3O2/c19-11-16-7-4-9-20(18(16)23)12-14-8-10-21(13-14)17(22)15-5-2-1-3-6-15/h1-7,9,14H,8,10,12-13H2/t14-/m0/s1. The highest BCUT2D eigenvalue weighted by Gasteiger charge is 2.27. The zero-order valence-electron chi connectivity index (χ0n) is 12.7. The Hall–Kier alpha value is -2.87. The summed E-state index contributed by atoms with van der Waals surface area (Å²) in [5.74, 6) is 0.264. The Morgan fingerprint density at radius 1 is 1.22 bits per heavy atom. The van der Waals surface area contributed by atoms with E-state index < -0.39 is 0 Å². The molecule has 1 aliphatic rings. The van der Waals surface area contributed by atoms with E-state index in [1.165, 1.54) is 6.07 Å². The van der Waals surface area contributed by atoms with Crippen LogP contribution in [0.5, 0.6) is 0 Å². The predicted molar refractivity (Wildman–Crippen MR) is 85.9 cm³/mol. The Morgan fingerprint density at radius 2 is 2.00 bits per heavy atom. The summed E-state index contributed by atoms with van der Waals surface area (Å²) in [6.07, 6.45) is 2.56. The summed E-state index contributed by atoms with van der Waals surface area (Å²) in [7, 11) is 0. The van der Waals surface area contributed by atoms with Gasteiger partial charge in [-0.1, -0.05) is 18.2 Å². The minimum Gasteiger partial charge on any atom is -0.338 e. The number of amides is 1. The molecule has 1 aromatic carbocycles. The first-order chi connectivity index (χ1) is 11.2. The van der Waals surface area contributed by atoms with Crippen LogP contribution in [0, 0.1) is 17.2 Å². The van der Waals surface area contributed by atoms with Crippen molar-refractivity contribution in [1.29, 1.82) is 5.26 Å². The van der Waals surface area contributed by atoms with Crippen molar-refractivity contribution >= 4 is 5.91 Å². The fourth-order valence-corrected chi connectivity index (χ4v) is 2.97. The Bertz CT molecular complexity index is 805. The minimum absolute atomic E-state index is 0.0335. The summed E-state index contributed by atoms with van der Waals surface area (Å²) in [5, 5.41) is 8.93. The van der Waals surface area contributed by atoms with Gasteiger partial charge in [-0.2, -0.15) is 5.26 Å². The molecule has 0 radical (unpaired) electrons. The molecule has 23 heavy (non-hydrogen) atoms. The van der Waals surface area contributed by atoms with Crippen LogP contribution in [0.1, 0.15) is 22.3 Å². The number of aromatic nitrogens is 1. The topological polar surface area (TPSA) is 66.1 Å². The van der Waals surface area contributed by atoms with E-state index in [2.05, 4.69) is 0 Å². The molecule has 2 heterocycles. The van der Waals surface area contributed by atoms with Gasteiger partial charge in [-0.25, -0.2) is 0 Å². The monoisotopic (exact) mass is 307 g/mol. The van der Waals surface area contributed by atoms with Crippen molar-refractivity contribution in [3.05, 3.63) is 70.1 Å². The number of hydrogen-bond donors (Lipinski definition) is 0. The molecular weight excluding hydrogens is 290 g/mol. The Labute approximate surface area is 134 Å². The molecule has 1 fully saturated rings. The van der Waals surface area contributed by atoms with Gasteiger partial charge in [-0.3, -0.25) is 9.59 Å². The molecule has 1 amide bonds. The zero-order chi connectivity index (χ0) is 16.2. The van der Waals surface area contributed by atoms with Gasteiger partial charge in [0.15, 0.2) is 0 Å². The number of carbonyl (C=O) groups is 1. The molecule has 1 saturated heterocycles. The lowest BCUT2D eigenvalue weighted by molar-refractivity contribution is 0.0786. The molecule has 1 atom stereocenters. The molecular formula is C18H17N3O2. The summed E-state index contributed by atoms with van der Waals surface area (Å²) in [6.45, 7) is 1.87. The summed E-state index contributed by atoms with van der Waals surface area (Å²) in [4.78, 5) is 26.3. The average Bonchev–Trinajstić information content (AvgIpc) is 3.05. The van der Waals surface area contributed by atoms with Crippen molar-refractivity contribution < 1.29 is 4.79 Å². The molecule has 5 heteroatoms. The molecule has 2 aromatic rings. The van der Waals surface area contributed by atoms with Crippen LogP contribution in [0.25, 0.3) is 0 Å². The van der Waals surface area contributed by atoms with Crippen LogP contribution >= 0.6 is 0 Å². The van der Waals surface area contributed by atoms with E-state index in [0.717, 1.165) is 6.42 Å². The van der Waals surface area contributed by atoms with Crippen LogP contribution in [-0.4, -0.2) is 28.5 Å². The van der Waals surface area contributed by atoms with Gasteiger partial charge >= 0.3 is 0 Å². The Balaban J connectivity index is 1.68. The first-order valence-electron chi connectivity index (χ1n) is 7.63. The first-order valence-corrected chi connectivity index (χ1v) is 7.63. The summed E-state index contributed by atoms with van der Waals surface area (Å²) in [6, 6.07) is 14.4. The average molecular weight is 307 g/mol. The van der Waals surface area contributed by atoms with E-state index in [0.29, 0.717) is 25.2 Å². The Kier molecular flexibility index (Phi) is 4.24. The van der Waals surface area contributed by atoms with Crippen LogP contribution in [0.2, 0.25) is 0 Å². The maximum Gasteiger partial charge on any atom is 0.268 e. The van der Waals surface area contributed by atoms with Crippen LogP contribution in [0.3, 0.4) is 0 Å². The van der Waals surface area contributed by atoms with Crippen molar-refractivity contribution in [2.24, 2.45) is 5.92 Å². The molecule has 0 spiro atoms. The number of pyridine rings is 1. The van der Waals surface area contributed by atoms with Crippen molar-refractivity contribution in [3.8, 4) is 6.07 Å². The SMILES string of the molecule is N#Cc1cccn(C[C@@H]2CCN(C(=O)c3ccccc3)C2)c1=O. The van der Waals surface area contributed by atoms with Crippen LogP contribution in [-0.2, 0) is 6.54 Å². The number of rotatable bonds is 3. The predicted octanol–water partition coefficient (Wildman–Crippen LogP) is 1.88. The van der Waals surface area contributed by atoms with Crippen molar-refractivity contribution in [1.82, 2.24) is 9.47 Å². The number of hydrogen-bond acceptors (Lipinski definition) is 3. The fraction of sp³-hybridized carbons (Fsp3) is 0.278. The summed E-state index contributed by atoms with van der Waals surface area (Å²) >= 11 is 0. The quantitative estimate of drug-likeness (QED) is 0.869. The molecule has 5 nitrogen and oxygen atoms in total. The second kappa shape index (κ2) is 6.49. The van der Waals surface area contributed by atoms with Gasteiger partial charge in [-0.05, 0) is 36.6 Å². The maximum atomic E-state index is 12.4. The van der Waals surface area contributed by atoms with Crippen LogP contribution in [0.4, 0.5) is 0 Å². The number of nitrogens with zero attached hydrogens (tertiary/aromatic N) is 3. The third kappa shape index (κ3) is 3.16. The summed E-state index contributed by atoms with van der Waals surface area (Å²) < 4.78 is 1.57. The third-order valence-corrected chi connectivity index (χ3v) is 4.19. The molecule has 1 aromatic heterocycles. The molecule has 0 saturated carbocycles. The lowest BCUT2D eigenvalue weighted by atomic mass is 10.1. The lowest BCUT2D eigenvalue weighted by Gasteiger charge is -2.17. The van der Waals surface area contributed by atoms with E-state index >= 15 is 0 Å². The van der Waals surface area contributed by atoms with E-state index in [1.54, 1.807) is 16.8 Å².